The van der Waals surface area contributed by atoms with E-state index in [9.17, 15) is 27.6 Å². The largest absolute Gasteiger partial charge is 0.481 e. The Labute approximate surface area is 141 Å². The molecule has 2 rings (SSSR count). The Hall–Kier alpha value is -2.58. The second kappa shape index (κ2) is 7.54. The van der Waals surface area contributed by atoms with Gasteiger partial charge in [-0.25, -0.2) is 0 Å². The molecule has 0 unspecified atom stereocenters. The molecular formula is C16H17F3N2O4. The summed E-state index contributed by atoms with van der Waals surface area (Å²) < 4.78 is 37.4. The zero-order valence-electron chi connectivity index (χ0n) is 13.1. The predicted octanol–water partition coefficient (Wildman–Crippen LogP) is 1.80. The maximum absolute atomic E-state index is 12.5. The predicted molar refractivity (Wildman–Crippen MR) is 80.7 cm³/mol. The van der Waals surface area contributed by atoms with Gasteiger partial charge in [0, 0.05) is 11.6 Å². The van der Waals surface area contributed by atoms with Crippen LogP contribution in [0.15, 0.2) is 24.3 Å². The number of carboxylic acid groups (broad SMARTS) is 1. The molecule has 0 spiro atoms. The van der Waals surface area contributed by atoms with Crippen LogP contribution in [0.2, 0.25) is 0 Å². The van der Waals surface area contributed by atoms with Crippen LogP contribution in [0, 0.1) is 5.92 Å². The molecule has 1 aliphatic carbocycles. The van der Waals surface area contributed by atoms with Crippen LogP contribution in [0.4, 0.5) is 13.2 Å². The zero-order chi connectivity index (χ0) is 18.6. The second-order valence-electron chi connectivity index (χ2n) is 5.87. The lowest BCUT2D eigenvalue weighted by molar-refractivity contribution is -0.141. The van der Waals surface area contributed by atoms with E-state index in [0.29, 0.717) is 19.3 Å². The first-order valence-corrected chi connectivity index (χ1v) is 7.64. The van der Waals surface area contributed by atoms with Gasteiger partial charge in [0.1, 0.15) is 0 Å². The quantitative estimate of drug-likeness (QED) is 0.748. The first-order chi connectivity index (χ1) is 11.7. The number of nitrogens with one attached hydrogen (secondary N) is 2. The number of aliphatic carboxylic acids is 1. The molecule has 0 radical (unpaired) electrons. The molecule has 25 heavy (non-hydrogen) atoms. The summed E-state index contributed by atoms with van der Waals surface area (Å²) in [4.78, 5) is 34.5. The molecule has 0 bridgehead atoms. The highest BCUT2D eigenvalue weighted by Crippen LogP contribution is 2.29. The maximum Gasteiger partial charge on any atom is 0.416 e. The van der Waals surface area contributed by atoms with Gasteiger partial charge in [0.2, 0.25) is 5.91 Å². The first-order valence-electron chi connectivity index (χ1n) is 7.64. The molecule has 1 saturated carbocycles. The fourth-order valence-corrected chi connectivity index (χ4v) is 2.69. The molecule has 0 aliphatic heterocycles. The van der Waals surface area contributed by atoms with E-state index in [-0.39, 0.29) is 18.2 Å². The summed E-state index contributed by atoms with van der Waals surface area (Å²) in [6, 6.07) is 3.39. The van der Waals surface area contributed by atoms with E-state index in [0.717, 1.165) is 24.3 Å². The summed E-state index contributed by atoms with van der Waals surface area (Å²) in [5.41, 5.74) is -0.858. The lowest BCUT2D eigenvalue weighted by Gasteiger charge is -2.13. The van der Waals surface area contributed by atoms with Gasteiger partial charge in [-0.3, -0.25) is 14.4 Å². The van der Waals surface area contributed by atoms with Crippen molar-refractivity contribution < 1.29 is 32.7 Å². The van der Waals surface area contributed by atoms with Crippen molar-refractivity contribution in [3.8, 4) is 0 Å². The molecule has 1 aliphatic rings. The van der Waals surface area contributed by atoms with E-state index in [2.05, 4.69) is 10.6 Å². The second-order valence-corrected chi connectivity index (χ2v) is 5.87. The van der Waals surface area contributed by atoms with Crippen LogP contribution in [-0.2, 0) is 15.8 Å². The van der Waals surface area contributed by atoms with Gasteiger partial charge in [-0.2, -0.15) is 13.2 Å². The maximum atomic E-state index is 12.5. The molecule has 136 valence electrons. The van der Waals surface area contributed by atoms with Crippen LogP contribution >= 0.6 is 0 Å². The van der Waals surface area contributed by atoms with Gasteiger partial charge in [0.25, 0.3) is 5.91 Å². The Morgan fingerprint density at radius 1 is 1.12 bits per heavy atom. The van der Waals surface area contributed by atoms with Crippen molar-refractivity contribution in [3.63, 3.8) is 0 Å². The van der Waals surface area contributed by atoms with E-state index in [1.54, 1.807) is 0 Å². The van der Waals surface area contributed by atoms with Gasteiger partial charge in [0.15, 0.2) is 0 Å². The number of hydrogen-bond donors (Lipinski definition) is 3. The monoisotopic (exact) mass is 358 g/mol. The first kappa shape index (κ1) is 18.8. The number of rotatable bonds is 5. The summed E-state index contributed by atoms with van der Waals surface area (Å²) in [5.74, 6) is -2.52. The highest BCUT2D eigenvalue weighted by molar-refractivity contribution is 5.96. The normalized spacial score (nSPS) is 20.1. The Morgan fingerprint density at radius 3 is 2.28 bits per heavy atom. The summed E-state index contributed by atoms with van der Waals surface area (Å²) in [6.07, 6.45) is -3.11. The Morgan fingerprint density at radius 2 is 1.76 bits per heavy atom. The van der Waals surface area contributed by atoms with Crippen LogP contribution in [0.1, 0.15) is 35.2 Å². The van der Waals surface area contributed by atoms with E-state index in [1.165, 1.54) is 0 Å². The molecule has 1 aromatic carbocycles. The zero-order valence-corrected chi connectivity index (χ0v) is 13.1. The topological polar surface area (TPSA) is 95.5 Å². The lowest BCUT2D eigenvalue weighted by atomic mass is 10.1. The van der Waals surface area contributed by atoms with Crippen molar-refractivity contribution in [1.82, 2.24) is 10.6 Å². The number of benzene rings is 1. The van der Waals surface area contributed by atoms with Crippen molar-refractivity contribution in [2.75, 3.05) is 6.54 Å². The Bertz CT molecular complexity index is 658. The van der Waals surface area contributed by atoms with E-state index in [4.69, 9.17) is 5.11 Å². The van der Waals surface area contributed by atoms with Crippen molar-refractivity contribution in [2.45, 2.75) is 31.5 Å². The number of carbonyl (C=O) groups is 3. The average molecular weight is 358 g/mol. The van der Waals surface area contributed by atoms with Crippen LogP contribution in [0.5, 0.6) is 0 Å². The smallest absolute Gasteiger partial charge is 0.416 e. The van der Waals surface area contributed by atoms with Crippen molar-refractivity contribution in [3.05, 3.63) is 35.4 Å². The van der Waals surface area contributed by atoms with Crippen molar-refractivity contribution in [1.29, 1.82) is 0 Å². The molecule has 2 atom stereocenters. The minimum atomic E-state index is -4.48. The third-order valence-corrected chi connectivity index (χ3v) is 4.03. The van der Waals surface area contributed by atoms with Crippen LogP contribution in [0.3, 0.4) is 0 Å². The van der Waals surface area contributed by atoms with Crippen LogP contribution in [0.25, 0.3) is 0 Å². The standard InChI is InChI=1S/C16H17F3N2O4/c17-16(18,19)11-4-1-9(2-5-11)14(23)20-8-13(22)21-12-6-3-10(7-12)15(24)25/h1-2,4-5,10,12H,3,6-8H2,(H,20,23)(H,21,22)(H,24,25)/t10-,12+/m0/s1. The molecular weight excluding hydrogens is 341 g/mol. The van der Waals surface area contributed by atoms with Gasteiger partial charge in [0.05, 0.1) is 18.0 Å². The molecule has 3 N–H and O–H groups in total. The van der Waals surface area contributed by atoms with Gasteiger partial charge in [-0.15, -0.1) is 0 Å². The number of alkyl halides is 3. The molecule has 0 aromatic heterocycles. The fourth-order valence-electron chi connectivity index (χ4n) is 2.69. The SMILES string of the molecule is O=C(CNC(=O)c1ccc(C(F)(F)F)cc1)N[C@@H]1CC[C@H](C(=O)O)C1. The van der Waals surface area contributed by atoms with Crippen LogP contribution < -0.4 is 10.6 Å². The minimum Gasteiger partial charge on any atom is -0.481 e. The van der Waals surface area contributed by atoms with E-state index < -0.39 is 35.4 Å². The number of hydrogen-bond acceptors (Lipinski definition) is 3. The summed E-state index contributed by atoms with van der Waals surface area (Å²) in [7, 11) is 0. The number of halogens is 3. The summed E-state index contributed by atoms with van der Waals surface area (Å²) in [6.45, 7) is -0.339. The molecule has 6 nitrogen and oxygen atoms in total. The Balaban J connectivity index is 1.80. The average Bonchev–Trinajstić information content (AvgIpc) is 3.00. The van der Waals surface area contributed by atoms with E-state index in [1.807, 2.05) is 0 Å². The van der Waals surface area contributed by atoms with E-state index >= 15 is 0 Å². The summed E-state index contributed by atoms with van der Waals surface area (Å²) >= 11 is 0. The third kappa shape index (κ3) is 5.20. The van der Waals surface area contributed by atoms with Crippen molar-refractivity contribution in [2.24, 2.45) is 5.92 Å². The molecule has 0 saturated heterocycles. The molecule has 0 heterocycles. The lowest BCUT2D eigenvalue weighted by Crippen LogP contribution is -2.41. The van der Waals surface area contributed by atoms with Gasteiger partial charge < -0.3 is 15.7 Å². The molecule has 1 aromatic rings. The highest BCUT2D eigenvalue weighted by Gasteiger charge is 2.31. The van der Waals surface area contributed by atoms with Crippen molar-refractivity contribution >= 4 is 17.8 Å². The number of carboxylic acids is 1. The number of amides is 2. The van der Waals surface area contributed by atoms with Gasteiger partial charge in [-0.1, -0.05) is 0 Å². The summed E-state index contributed by atoms with van der Waals surface area (Å²) in [5, 5.41) is 13.8. The highest BCUT2D eigenvalue weighted by atomic mass is 19.4. The molecule has 1 fully saturated rings. The molecule has 2 amide bonds. The molecule has 9 heteroatoms. The Kier molecular flexibility index (Phi) is 5.66. The third-order valence-electron chi connectivity index (χ3n) is 4.03. The van der Waals surface area contributed by atoms with Gasteiger partial charge >= 0.3 is 12.1 Å². The minimum absolute atomic E-state index is 0.00704. The van der Waals surface area contributed by atoms with Crippen LogP contribution in [-0.4, -0.2) is 35.5 Å². The number of carbonyl (C=O) groups excluding carboxylic acids is 2. The fraction of sp³-hybridized carbons (Fsp3) is 0.438. The van der Waals surface area contributed by atoms with Gasteiger partial charge in [-0.05, 0) is 43.5 Å².